The van der Waals surface area contributed by atoms with E-state index in [1.54, 1.807) is 24.3 Å². The van der Waals surface area contributed by atoms with Crippen molar-refractivity contribution in [1.82, 2.24) is 15.6 Å². The minimum absolute atomic E-state index is 0.0746. The van der Waals surface area contributed by atoms with Crippen LogP contribution in [0.25, 0.3) is 0 Å². The van der Waals surface area contributed by atoms with E-state index in [4.69, 9.17) is 9.47 Å². The van der Waals surface area contributed by atoms with E-state index in [0.717, 1.165) is 32.3 Å². The van der Waals surface area contributed by atoms with E-state index in [2.05, 4.69) is 15.8 Å². The van der Waals surface area contributed by atoms with Crippen LogP contribution in [0.15, 0.2) is 29.4 Å². The molecule has 2 heterocycles. The lowest BCUT2D eigenvalue weighted by atomic mass is 10.2. The van der Waals surface area contributed by atoms with Crippen LogP contribution in [0.1, 0.15) is 31.2 Å². The number of carbonyl (C=O) groups excluding carboxylic acids is 3. The second-order valence-corrected chi connectivity index (χ2v) is 7.00. The molecule has 2 fully saturated rings. The third-order valence-corrected chi connectivity index (χ3v) is 4.77. The molecule has 9 nitrogen and oxygen atoms in total. The van der Waals surface area contributed by atoms with Gasteiger partial charge < -0.3 is 19.7 Å². The molecule has 2 aliphatic rings. The maximum absolute atomic E-state index is 11.9. The minimum Gasteiger partial charge on any atom is -0.484 e. The van der Waals surface area contributed by atoms with Crippen LogP contribution < -0.4 is 15.5 Å². The van der Waals surface area contributed by atoms with E-state index in [1.807, 2.05) is 0 Å². The number of likely N-dealkylation sites (tertiary alicyclic amines) is 1. The first-order chi connectivity index (χ1) is 14.1. The Bertz CT molecular complexity index is 738. The van der Waals surface area contributed by atoms with Crippen molar-refractivity contribution in [3.05, 3.63) is 29.8 Å². The zero-order chi connectivity index (χ0) is 20.5. The first-order valence-corrected chi connectivity index (χ1v) is 9.85. The normalized spacial score (nSPS) is 18.8. The van der Waals surface area contributed by atoms with Gasteiger partial charge in [-0.25, -0.2) is 5.43 Å². The van der Waals surface area contributed by atoms with Crippen molar-refractivity contribution in [2.45, 2.75) is 31.8 Å². The summed E-state index contributed by atoms with van der Waals surface area (Å²) in [5.41, 5.74) is 2.96. The van der Waals surface area contributed by atoms with Crippen LogP contribution >= 0.6 is 0 Å². The number of nitrogens with one attached hydrogen (secondary N) is 2. The molecule has 1 atom stereocenters. The highest BCUT2D eigenvalue weighted by atomic mass is 16.5. The number of benzene rings is 1. The molecule has 1 aromatic rings. The minimum atomic E-state index is -0.739. The summed E-state index contributed by atoms with van der Waals surface area (Å²) in [6.07, 6.45) is 5.39. The Kier molecular flexibility index (Phi) is 7.57. The largest absolute Gasteiger partial charge is 0.484 e. The zero-order valence-corrected chi connectivity index (χ0v) is 16.3. The zero-order valence-electron chi connectivity index (χ0n) is 16.3. The van der Waals surface area contributed by atoms with E-state index in [-0.39, 0.29) is 18.6 Å². The summed E-state index contributed by atoms with van der Waals surface area (Å²) >= 11 is 0. The van der Waals surface area contributed by atoms with Gasteiger partial charge in [0.15, 0.2) is 6.61 Å². The summed E-state index contributed by atoms with van der Waals surface area (Å²) in [4.78, 5) is 37.0. The van der Waals surface area contributed by atoms with Gasteiger partial charge in [0.25, 0.3) is 5.91 Å². The summed E-state index contributed by atoms with van der Waals surface area (Å²) in [5, 5.41) is 6.60. The van der Waals surface area contributed by atoms with Crippen LogP contribution in [0, 0.1) is 0 Å². The second kappa shape index (κ2) is 10.6. The lowest BCUT2D eigenvalue weighted by Gasteiger charge is -2.12. The maximum Gasteiger partial charge on any atom is 0.329 e. The predicted octanol–water partition coefficient (Wildman–Crippen LogP) is 0.433. The van der Waals surface area contributed by atoms with Crippen LogP contribution in [0.2, 0.25) is 0 Å². The summed E-state index contributed by atoms with van der Waals surface area (Å²) in [5.74, 6) is -0.947. The summed E-state index contributed by atoms with van der Waals surface area (Å²) in [7, 11) is 0. The smallest absolute Gasteiger partial charge is 0.329 e. The summed E-state index contributed by atoms with van der Waals surface area (Å²) in [6, 6.07) is 6.87. The lowest BCUT2D eigenvalue weighted by Crippen LogP contribution is -2.39. The molecule has 3 amide bonds. The quantitative estimate of drug-likeness (QED) is 0.391. The monoisotopic (exact) mass is 402 g/mol. The summed E-state index contributed by atoms with van der Waals surface area (Å²) < 4.78 is 10.9. The molecule has 0 saturated carbocycles. The highest BCUT2D eigenvalue weighted by molar-refractivity contribution is 6.35. The second-order valence-electron chi connectivity index (χ2n) is 7.00. The van der Waals surface area contributed by atoms with Crippen LogP contribution in [0.3, 0.4) is 0 Å². The highest BCUT2D eigenvalue weighted by Gasteiger charge is 2.23. The third-order valence-electron chi connectivity index (χ3n) is 4.77. The van der Waals surface area contributed by atoms with E-state index >= 15 is 0 Å². The Balaban J connectivity index is 1.36. The first kappa shape index (κ1) is 20.8. The van der Waals surface area contributed by atoms with E-state index < -0.39 is 11.8 Å². The third kappa shape index (κ3) is 6.56. The molecular formula is C20H26N4O5. The molecule has 29 heavy (non-hydrogen) atoms. The fourth-order valence-electron chi connectivity index (χ4n) is 3.16. The molecule has 2 N–H and O–H groups in total. The van der Waals surface area contributed by atoms with Gasteiger partial charge in [-0.05, 0) is 55.5 Å². The number of carbonyl (C=O) groups is 3. The van der Waals surface area contributed by atoms with Crippen molar-refractivity contribution in [1.29, 1.82) is 0 Å². The van der Waals surface area contributed by atoms with Crippen molar-refractivity contribution in [3.63, 3.8) is 0 Å². The van der Waals surface area contributed by atoms with Crippen molar-refractivity contribution in [2.75, 3.05) is 32.8 Å². The Morgan fingerprint density at radius 3 is 2.62 bits per heavy atom. The molecule has 0 aromatic heterocycles. The Morgan fingerprint density at radius 1 is 1.17 bits per heavy atom. The molecule has 0 radical (unpaired) electrons. The van der Waals surface area contributed by atoms with Gasteiger partial charge in [-0.1, -0.05) is 0 Å². The van der Waals surface area contributed by atoms with Gasteiger partial charge in [0.2, 0.25) is 0 Å². The topological polar surface area (TPSA) is 109 Å². The fourth-order valence-corrected chi connectivity index (χ4v) is 3.16. The average molecular weight is 402 g/mol. The van der Waals surface area contributed by atoms with Crippen molar-refractivity contribution < 1.29 is 23.9 Å². The molecule has 3 rings (SSSR count). The average Bonchev–Trinajstić information content (AvgIpc) is 3.45. The highest BCUT2D eigenvalue weighted by Crippen LogP contribution is 2.12. The summed E-state index contributed by atoms with van der Waals surface area (Å²) in [6.45, 7) is 2.41. The van der Waals surface area contributed by atoms with Gasteiger partial charge >= 0.3 is 11.8 Å². The SMILES string of the molecule is O=C(COc1ccc(/C=N\NC(=O)C(=O)N2CCCC2)cc1)NC[C@H]1CCCO1. The number of hydrogen-bond acceptors (Lipinski definition) is 6. The standard InChI is InChI=1S/C20H26N4O5/c25-18(21-13-17-4-3-11-28-17)14-29-16-7-5-15(6-8-16)12-22-23-19(26)20(27)24-9-1-2-10-24/h5-8,12,17H,1-4,9-11,13-14H2,(H,21,25)(H,23,26)/b22-12-/t17-/m1/s1. The molecule has 156 valence electrons. The molecule has 2 aliphatic heterocycles. The lowest BCUT2D eigenvalue weighted by molar-refractivity contribution is -0.145. The van der Waals surface area contributed by atoms with E-state index in [1.165, 1.54) is 11.1 Å². The molecular weight excluding hydrogens is 376 g/mol. The molecule has 0 spiro atoms. The van der Waals surface area contributed by atoms with Gasteiger partial charge in [-0.3, -0.25) is 14.4 Å². The molecule has 9 heteroatoms. The number of hydrogen-bond donors (Lipinski definition) is 2. The van der Waals surface area contributed by atoms with Gasteiger partial charge in [0, 0.05) is 26.2 Å². The number of ether oxygens (including phenoxy) is 2. The molecule has 2 saturated heterocycles. The number of amides is 3. The van der Waals surface area contributed by atoms with Crippen LogP contribution in [-0.2, 0) is 19.1 Å². The molecule has 1 aromatic carbocycles. The van der Waals surface area contributed by atoms with Crippen molar-refractivity contribution in [2.24, 2.45) is 5.10 Å². The molecule has 0 bridgehead atoms. The van der Waals surface area contributed by atoms with Crippen LogP contribution in [0.4, 0.5) is 0 Å². The van der Waals surface area contributed by atoms with Crippen LogP contribution in [-0.4, -0.2) is 67.8 Å². The Morgan fingerprint density at radius 2 is 1.93 bits per heavy atom. The maximum atomic E-state index is 11.9. The first-order valence-electron chi connectivity index (χ1n) is 9.85. The Hall–Kier alpha value is -2.94. The number of hydrazone groups is 1. The molecule has 0 unspecified atom stereocenters. The fraction of sp³-hybridized carbons (Fsp3) is 0.500. The van der Waals surface area contributed by atoms with Crippen LogP contribution in [0.5, 0.6) is 5.75 Å². The Labute approximate surface area is 169 Å². The van der Waals surface area contributed by atoms with Gasteiger partial charge in [0.05, 0.1) is 12.3 Å². The number of nitrogens with zero attached hydrogens (tertiary/aromatic N) is 2. The van der Waals surface area contributed by atoms with E-state index in [9.17, 15) is 14.4 Å². The van der Waals surface area contributed by atoms with Gasteiger partial charge in [-0.15, -0.1) is 0 Å². The molecule has 0 aliphatic carbocycles. The van der Waals surface area contributed by atoms with Gasteiger partial charge in [-0.2, -0.15) is 5.10 Å². The van der Waals surface area contributed by atoms with E-state index in [0.29, 0.717) is 30.9 Å². The van der Waals surface area contributed by atoms with Crippen molar-refractivity contribution in [3.8, 4) is 5.75 Å². The number of rotatable bonds is 7. The van der Waals surface area contributed by atoms with Gasteiger partial charge in [0.1, 0.15) is 5.75 Å². The predicted molar refractivity (Wildman–Crippen MR) is 105 cm³/mol. The van der Waals surface area contributed by atoms with Crippen molar-refractivity contribution >= 4 is 23.9 Å².